The van der Waals surface area contributed by atoms with E-state index in [4.69, 9.17) is 0 Å². The topological polar surface area (TPSA) is 0 Å². The highest BCUT2D eigenvalue weighted by atomic mass is 14.3. The summed E-state index contributed by atoms with van der Waals surface area (Å²) in [4.78, 5) is 0. The van der Waals surface area contributed by atoms with E-state index in [1.54, 1.807) is 0 Å². The second kappa shape index (κ2) is 10.9. The van der Waals surface area contributed by atoms with Gasteiger partial charge in [-0.15, -0.1) is 0 Å². The van der Waals surface area contributed by atoms with Crippen LogP contribution in [-0.2, 0) is 0 Å². The van der Waals surface area contributed by atoms with Crippen LogP contribution in [0.4, 0.5) is 0 Å². The monoisotopic (exact) mass is 254 g/mol. The summed E-state index contributed by atoms with van der Waals surface area (Å²) in [6.45, 7) is 11.9. The molecule has 0 heteroatoms. The molecule has 0 fully saturated rings. The Balaban J connectivity index is 3.79. The number of hydrogen-bond acceptors (Lipinski definition) is 0. The van der Waals surface area contributed by atoms with E-state index in [1.807, 2.05) is 0 Å². The SMILES string of the molecule is CCCCCCCC(CCCCCC)C(C)(C)C. The van der Waals surface area contributed by atoms with Gasteiger partial charge in [0.1, 0.15) is 0 Å². The van der Waals surface area contributed by atoms with Crippen LogP contribution in [0.2, 0.25) is 0 Å². The zero-order valence-electron chi connectivity index (χ0n) is 13.9. The molecular formula is C18H38. The van der Waals surface area contributed by atoms with Gasteiger partial charge in [0, 0.05) is 0 Å². The summed E-state index contributed by atoms with van der Waals surface area (Å²) in [7, 11) is 0. The number of unbranched alkanes of at least 4 members (excludes halogenated alkanes) is 7. The largest absolute Gasteiger partial charge is 0.0654 e. The van der Waals surface area contributed by atoms with E-state index in [0.717, 1.165) is 5.92 Å². The van der Waals surface area contributed by atoms with E-state index in [2.05, 4.69) is 34.6 Å². The molecule has 0 heterocycles. The molecule has 0 N–H and O–H groups in total. The van der Waals surface area contributed by atoms with Crippen molar-refractivity contribution in [1.29, 1.82) is 0 Å². The fraction of sp³-hybridized carbons (Fsp3) is 1.00. The van der Waals surface area contributed by atoms with Crippen LogP contribution in [0.5, 0.6) is 0 Å². The van der Waals surface area contributed by atoms with E-state index in [-0.39, 0.29) is 0 Å². The molecule has 0 bridgehead atoms. The Bertz CT molecular complexity index is 163. The highest BCUT2D eigenvalue weighted by Crippen LogP contribution is 2.34. The van der Waals surface area contributed by atoms with Gasteiger partial charge in [0.2, 0.25) is 0 Å². The average molecular weight is 255 g/mol. The zero-order valence-corrected chi connectivity index (χ0v) is 13.9. The van der Waals surface area contributed by atoms with Crippen molar-refractivity contribution in [2.75, 3.05) is 0 Å². The average Bonchev–Trinajstić information content (AvgIpc) is 2.30. The van der Waals surface area contributed by atoms with Crippen LogP contribution in [0.1, 0.15) is 105 Å². The van der Waals surface area contributed by atoms with Gasteiger partial charge in [0.05, 0.1) is 0 Å². The van der Waals surface area contributed by atoms with Gasteiger partial charge in [-0.1, -0.05) is 92.4 Å². The summed E-state index contributed by atoms with van der Waals surface area (Å²) < 4.78 is 0. The molecule has 1 unspecified atom stereocenters. The number of hydrogen-bond donors (Lipinski definition) is 0. The zero-order chi connectivity index (χ0) is 13.9. The van der Waals surface area contributed by atoms with E-state index in [1.165, 1.54) is 70.6 Å². The molecular weight excluding hydrogens is 216 g/mol. The third-order valence-corrected chi connectivity index (χ3v) is 4.29. The minimum absolute atomic E-state index is 0.511. The first-order valence-electron chi connectivity index (χ1n) is 8.52. The molecule has 0 spiro atoms. The standard InChI is InChI=1S/C18H38/c1-6-8-10-12-14-16-17(18(3,4)5)15-13-11-9-7-2/h17H,6-16H2,1-5H3. The molecule has 1 atom stereocenters. The lowest BCUT2D eigenvalue weighted by Crippen LogP contribution is -2.20. The molecule has 0 radical (unpaired) electrons. The van der Waals surface area contributed by atoms with E-state index >= 15 is 0 Å². The van der Waals surface area contributed by atoms with Gasteiger partial charge in [-0.3, -0.25) is 0 Å². The summed E-state index contributed by atoms with van der Waals surface area (Å²) in [5.74, 6) is 0.941. The molecule has 0 rings (SSSR count). The summed E-state index contributed by atoms with van der Waals surface area (Å²) >= 11 is 0. The molecule has 0 aliphatic carbocycles. The molecule has 18 heavy (non-hydrogen) atoms. The van der Waals surface area contributed by atoms with Gasteiger partial charge in [-0.25, -0.2) is 0 Å². The van der Waals surface area contributed by atoms with Crippen molar-refractivity contribution in [1.82, 2.24) is 0 Å². The summed E-state index contributed by atoms with van der Waals surface area (Å²) in [6.07, 6.45) is 15.7. The first-order valence-corrected chi connectivity index (χ1v) is 8.52. The lowest BCUT2D eigenvalue weighted by atomic mass is 9.75. The predicted molar refractivity (Wildman–Crippen MR) is 85.1 cm³/mol. The maximum absolute atomic E-state index is 2.43. The Labute approximate surface area is 117 Å². The van der Waals surface area contributed by atoms with E-state index in [9.17, 15) is 0 Å². The van der Waals surface area contributed by atoms with Gasteiger partial charge in [-0.2, -0.15) is 0 Å². The summed E-state index contributed by atoms with van der Waals surface area (Å²) in [5, 5.41) is 0. The van der Waals surface area contributed by atoms with Crippen molar-refractivity contribution in [3.05, 3.63) is 0 Å². The fourth-order valence-electron chi connectivity index (χ4n) is 2.82. The van der Waals surface area contributed by atoms with Crippen LogP contribution in [0, 0.1) is 11.3 Å². The number of rotatable bonds is 11. The quantitative estimate of drug-likeness (QED) is 0.349. The molecule has 0 aromatic rings. The summed E-state index contributed by atoms with van der Waals surface area (Å²) in [5.41, 5.74) is 0.511. The fourth-order valence-corrected chi connectivity index (χ4v) is 2.82. The van der Waals surface area contributed by atoms with Crippen molar-refractivity contribution in [3.63, 3.8) is 0 Å². The second-order valence-corrected chi connectivity index (χ2v) is 7.12. The minimum Gasteiger partial charge on any atom is -0.0654 e. The third kappa shape index (κ3) is 9.97. The Morgan fingerprint density at radius 3 is 1.39 bits per heavy atom. The molecule has 0 saturated heterocycles. The Hall–Kier alpha value is 0. The highest BCUT2D eigenvalue weighted by molar-refractivity contribution is 4.74. The van der Waals surface area contributed by atoms with Crippen LogP contribution >= 0.6 is 0 Å². The van der Waals surface area contributed by atoms with Gasteiger partial charge in [0.25, 0.3) is 0 Å². The molecule has 0 nitrogen and oxygen atoms in total. The van der Waals surface area contributed by atoms with Crippen molar-refractivity contribution >= 4 is 0 Å². The molecule has 0 aromatic carbocycles. The lowest BCUT2D eigenvalue weighted by molar-refractivity contribution is 0.201. The van der Waals surface area contributed by atoms with E-state index in [0.29, 0.717) is 5.41 Å². The van der Waals surface area contributed by atoms with Gasteiger partial charge in [-0.05, 0) is 24.2 Å². The molecule has 0 aliphatic rings. The smallest absolute Gasteiger partial charge is 0.0354 e. The molecule has 0 saturated carbocycles. The van der Waals surface area contributed by atoms with Crippen LogP contribution in [0.25, 0.3) is 0 Å². The summed E-state index contributed by atoms with van der Waals surface area (Å²) in [6, 6.07) is 0. The highest BCUT2D eigenvalue weighted by Gasteiger charge is 2.23. The Kier molecular flexibility index (Phi) is 10.9. The molecule has 0 amide bonds. The van der Waals surface area contributed by atoms with Crippen molar-refractivity contribution in [3.8, 4) is 0 Å². The van der Waals surface area contributed by atoms with Crippen molar-refractivity contribution in [2.45, 2.75) is 105 Å². The van der Waals surface area contributed by atoms with Crippen LogP contribution in [-0.4, -0.2) is 0 Å². The van der Waals surface area contributed by atoms with Crippen molar-refractivity contribution < 1.29 is 0 Å². The molecule has 0 aromatic heterocycles. The van der Waals surface area contributed by atoms with Gasteiger partial charge < -0.3 is 0 Å². The van der Waals surface area contributed by atoms with Crippen LogP contribution < -0.4 is 0 Å². The second-order valence-electron chi connectivity index (χ2n) is 7.12. The predicted octanol–water partition coefficient (Wildman–Crippen LogP) is 6.98. The van der Waals surface area contributed by atoms with Crippen molar-refractivity contribution in [2.24, 2.45) is 11.3 Å². The van der Waals surface area contributed by atoms with E-state index < -0.39 is 0 Å². The maximum Gasteiger partial charge on any atom is -0.0354 e. The lowest BCUT2D eigenvalue weighted by Gasteiger charge is -2.31. The Morgan fingerprint density at radius 2 is 1.00 bits per heavy atom. The van der Waals surface area contributed by atoms with Gasteiger partial charge >= 0.3 is 0 Å². The minimum atomic E-state index is 0.511. The first kappa shape index (κ1) is 18.0. The first-order chi connectivity index (χ1) is 8.52. The molecule has 0 aliphatic heterocycles. The normalized spacial score (nSPS) is 13.8. The van der Waals surface area contributed by atoms with Crippen LogP contribution in [0.15, 0.2) is 0 Å². The van der Waals surface area contributed by atoms with Gasteiger partial charge in [0.15, 0.2) is 0 Å². The Morgan fingerprint density at radius 1 is 0.611 bits per heavy atom. The van der Waals surface area contributed by atoms with Crippen LogP contribution in [0.3, 0.4) is 0 Å². The molecule has 110 valence electrons. The third-order valence-electron chi connectivity index (χ3n) is 4.29. The maximum atomic E-state index is 2.43.